The summed E-state index contributed by atoms with van der Waals surface area (Å²) in [5.74, 6) is -7.29. The van der Waals surface area contributed by atoms with Gasteiger partial charge in [0, 0.05) is 13.1 Å². The van der Waals surface area contributed by atoms with Gasteiger partial charge in [-0.15, -0.1) is 0 Å². The zero-order valence-electron chi connectivity index (χ0n) is 34.4. The van der Waals surface area contributed by atoms with E-state index in [0.29, 0.717) is 10.6 Å². The topological polar surface area (TPSA) is 191 Å². The number of rotatable bonds is 32. The van der Waals surface area contributed by atoms with E-state index in [-0.39, 0.29) is 0 Å². The molecule has 79 heavy (non-hydrogen) atoms. The predicted octanol–water partition coefficient (Wildman–Crippen LogP) is 9.46. The molecule has 472 valence electrons. The van der Waals surface area contributed by atoms with Crippen LogP contribution in [0.15, 0.2) is 0 Å². The fourth-order valence-corrected chi connectivity index (χ4v) is 3.80. The highest BCUT2D eigenvalue weighted by molar-refractivity contribution is 7.45. The van der Waals surface area contributed by atoms with Crippen LogP contribution in [0.3, 0.4) is 0 Å². The Balaban J connectivity index is 5.60. The minimum Gasteiger partial charge on any atom is -0.756 e. The van der Waals surface area contributed by atoms with Crippen molar-refractivity contribution in [2.75, 3.05) is 26.3 Å². The largest absolute Gasteiger partial charge is 0.756 e. The average molecular weight is 1300 g/mol. The van der Waals surface area contributed by atoms with Crippen LogP contribution < -0.4 is 15.5 Å². The van der Waals surface area contributed by atoms with Crippen LogP contribution in [0.25, 0.3) is 0 Å². The number of carbonyl (C=O) groups is 2. The van der Waals surface area contributed by atoms with E-state index < -0.39 is 156 Å². The number of carbonyl (C=O) groups excluding carboxylic acids is 2. The van der Waals surface area contributed by atoms with Crippen LogP contribution in [0.1, 0.15) is 0 Å². The van der Waals surface area contributed by atoms with E-state index in [4.69, 9.17) is 0 Å². The van der Waals surface area contributed by atoms with Gasteiger partial charge in [0.2, 0.25) is 0 Å². The lowest BCUT2D eigenvalue weighted by atomic mass is 10.4. The van der Waals surface area contributed by atoms with Gasteiger partial charge in [-0.05, 0) is 0 Å². The number of alkyl halides is 38. The van der Waals surface area contributed by atoms with Crippen molar-refractivity contribution >= 4 is 19.6 Å². The molecule has 0 radical (unpaired) electrons. The van der Waals surface area contributed by atoms with Crippen molar-refractivity contribution in [3.63, 3.8) is 0 Å². The molecular formula is C24H10F38N2O14P-. The molecule has 0 bridgehead atoms. The van der Waals surface area contributed by atoms with E-state index >= 15 is 0 Å². The van der Waals surface area contributed by atoms with Gasteiger partial charge in [-0.3, -0.25) is 14.2 Å². The summed E-state index contributed by atoms with van der Waals surface area (Å²) in [6.45, 7) is -7.91. The Morgan fingerprint density at radius 2 is 0.443 bits per heavy atom. The molecule has 2 amide bonds. The zero-order chi connectivity index (χ0) is 64.0. The molecule has 55 heteroatoms. The highest BCUT2D eigenvalue weighted by Crippen LogP contribution is 2.55. The lowest BCUT2D eigenvalue weighted by Gasteiger charge is -2.35. The van der Waals surface area contributed by atoms with Gasteiger partial charge in [-0.2, -0.15) is 167 Å². The highest BCUT2D eigenvalue weighted by atomic mass is 31.2. The monoisotopic (exact) mass is 1300 g/mol. The molecule has 0 rings (SSSR count). The standard InChI is InChI=1S/C24H11F38N2O14P/c25-7(26,71-13(39,40)15(43,44)75-21(55,56)23(59,60)77-19(51,52)17(47,48)73-11(35,36)9(29,30)31)5(65)63-1-3-69-79(67,68)70-4-2-64-6(66)8(27,28)72-14(41,42)16(45,46)76-22(57,58)24(61,62)78-20(53,54)18(49,50)74-12(37,38)10(32,33)34/h1-4H2,(H,63,65)(H,64,66)(H,67,68)/p-1. The first-order valence-corrected chi connectivity index (χ1v) is 18.3. The normalized spacial score (nSPS) is 15.9. The Bertz CT molecular complexity index is 1990. The second-order valence-electron chi connectivity index (χ2n) is 12.7. The van der Waals surface area contributed by atoms with E-state index in [1.54, 1.807) is 0 Å². The summed E-state index contributed by atoms with van der Waals surface area (Å²) in [4.78, 5) is 34.4. The first kappa shape index (κ1) is 75.1. The molecule has 0 aliphatic carbocycles. The predicted molar refractivity (Wildman–Crippen MR) is 145 cm³/mol. The van der Waals surface area contributed by atoms with Crippen molar-refractivity contribution in [3.05, 3.63) is 0 Å². The summed E-state index contributed by atoms with van der Waals surface area (Å²) in [6.07, 6.45) is -139. The maximum Gasteiger partial charge on any atom is 0.483 e. The summed E-state index contributed by atoms with van der Waals surface area (Å²) in [7, 11) is -6.25. The molecule has 16 nitrogen and oxygen atoms in total. The van der Waals surface area contributed by atoms with Crippen LogP contribution >= 0.6 is 7.82 Å². The van der Waals surface area contributed by atoms with Gasteiger partial charge in [0.05, 0.1) is 13.2 Å². The Morgan fingerprint density at radius 1 is 0.291 bits per heavy atom. The molecule has 0 saturated carbocycles. The third kappa shape index (κ3) is 18.5. The minimum atomic E-state index is -8.11. The first-order chi connectivity index (χ1) is 33.9. The molecular weight excluding hydrogens is 1290 g/mol. The maximum absolute atomic E-state index is 13.8. The number of phosphoric ester groups is 1. The summed E-state index contributed by atoms with van der Waals surface area (Å²) >= 11 is 0. The number of halogens is 38. The second-order valence-corrected chi connectivity index (χ2v) is 14.1. The van der Waals surface area contributed by atoms with Crippen LogP contribution in [-0.2, 0) is 61.1 Å². The van der Waals surface area contributed by atoms with Gasteiger partial charge >= 0.3 is 122 Å². The number of ether oxygens (including phenoxy) is 8. The van der Waals surface area contributed by atoms with E-state index in [9.17, 15) is 186 Å². The Hall–Kier alpha value is -3.93. The van der Waals surface area contributed by atoms with Crippen molar-refractivity contribution in [3.8, 4) is 0 Å². The third-order valence-electron chi connectivity index (χ3n) is 6.55. The van der Waals surface area contributed by atoms with Crippen LogP contribution in [0, 0.1) is 0 Å². The van der Waals surface area contributed by atoms with Gasteiger partial charge in [0.1, 0.15) is 0 Å². The molecule has 0 heterocycles. The first-order valence-electron chi connectivity index (χ1n) is 16.9. The summed E-state index contributed by atoms with van der Waals surface area (Å²) in [5, 5.41) is 0.899. The number of phosphoric acid groups is 1. The average Bonchev–Trinajstić information content (AvgIpc) is 3.13. The van der Waals surface area contributed by atoms with E-state index in [1.807, 2.05) is 9.47 Å². The van der Waals surface area contributed by atoms with Gasteiger partial charge in [0.25, 0.3) is 7.82 Å². The number of amides is 2. The molecule has 0 fully saturated rings. The molecule has 0 aliphatic rings. The Kier molecular flexibility index (Phi) is 21.5. The van der Waals surface area contributed by atoms with E-state index in [1.165, 1.54) is 28.4 Å². The van der Waals surface area contributed by atoms with Gasteiger partial charge in [-0.25, -0.2) is 37.9 Å². The molecule has 0 atom stereocenters. The number of hydrogen-bond donors (Lipinski definition) is 2. The highest BCUT2D eigenvalue weighted by Gasteiger charge is 2.81. The van der Waals surface area contributed by atoms with Crippen LogP contribution in [0.2, 0.25) is 0 Å². The maximum atomic E-state index is 13.8. The van der Waals surface area contributed by atoms with E-state index in [0.717, 1.165) is 0 Å². The zero-order valence-corrected chi connectivity index (χ0v) is 35.2. The lowest BCUT2D eigenvalue weighted by Crippen LogP contribution is -2.61. The molecule has 0 aromatic rings. The SMILES string of the molecule is O=C(NCCOP(=O)([O-])OCCNC(=O)C(F)(F)OC(F)(F)C(F)(F)OC(F)(F)C(F)(F)OC(F)(F)C(F)(F)OC(F)(F)C(F)(F)F)C(F)(F)OC(F)(F)C(F)(F)OC(F)(F)C(F)(F)OC(F)(F)C(F)(F)OC(F)(F)C(F)(F)F. The molecule has 0 spiro atoms. The van der Waals surface area contributed by atoms with Crippen LogP contribution in [-0.4, -0.2) is 148 Å². The molecule has 0 aromatic heterocycles. The molecule has 0 aromatic carbocycles. The lowest BCUT2D eigenvalue weighted by molar-refractivity contribution is -0.581. The summed E-state index contributed by atoms with van der Waals surface area (Å²) in [5.41, 5.74) is 0. The molecule has 0 saturated heterocycles. The van der Waals surface area contributed by atoms with Crippen molar-refractivity contribution in [2.24, 2.45) is 0 Å². The van der Waals surface area contributed by atoms with Crippen molar-refractivity contribution in [1.82, 2.24) is 10.6 Å². The quantitative estimate of drug-likeness (QED) is 0.0368. The molecule has 0 aliphatic heterocycles. The molecule has 0 unspecified atom stereocenters. The summed E-state index contributed by atoms with van der Waals surface area (Å²) in [6, 6.07) is 0. The number of hydrogen-bond acceptors (Lipinski definition) is 14. The van der Waals surface area contributed by atoms with Gasteiger partial charge in [-0.1, -0.05) is 0 Å². The van der Waals surface area contributed by atoms with Gasteiger partial charge in [0.15, 0.2) is 0 Å². The Morgan fingerprint density at radius 3 is 0.608 bits per heavy atom. The van der Waals surface area contributed by atoms with E-state index in [2.05, 4.69) is 9.05 Å². The summed E-state index contributed by atoms with van der Waals surface area (Å²) < 4.78 is 530. The van der Waals surface area contributed by atoms with Crippen molar-refractivity contribution < 1.29 is 233 Å². The van der Waals surface area contributed by atoms with Crippen molar-refractivity contribution in [2.45, 2.75) is 110 Å². The minimum absolute atomic E-state index is 0.449. The number of nitrogens with one attached hydrogen (secondary N) is 2. The third-order valence-corrected chi connectivity index (χ3v) is 7.54. The smallest absolute Gasteiger partial charge is 0.483 e. The fraction of sp³-hybridized carbons (Fsp3) is 0.917. The van der Waals surface area contributed by atoms with Gasteiger partial charge < -0.3 is 24.6 Å². The fourth-order valence-electron chi connectivity index (χ4n) is 3.10. The van der Waals surface area contributed by atoms with Crippen LogP contribution in [0.5, 0.6) is 0 Å². The molecule has 2 N–H and O–H groups in total. The van der Waals surface area contributed by atoms with Crippen LogP contribution in [0.4, 0.5) is 167 Å². The second kappa shape index (κ2) is 22.7. The Labute approximate surface area is 400 Å². The van der Waals surface area contributed by atoms with Crippen molar-refractivity contribution in [1.29, 1.82) is 0 Å².